The molecule has 0 aromatic carbocycles. The van der Waals surface area contributed by atoms with Gasteiger partial charge >= 0.3 is 0 Å². The maximum absolute atomic E-state index is 9.20. The van der Waals surface area contributed by atoms with Crippen LogP contribution in [-0.2, 0) is 0 Å². The minimum atomic E-state index is -0.851. The molecule has 0 bridgehead atoms. The average molecular weight is 142 g/mol. The monoisotopic (exact) mass is 142 g/mol. The van der Waals surface area contributed by atoms with E-state index in [-0.39, 0.29) is 0 Å². The smallest absolute Gasteiger partial charge is 0.104 e. The first-order valence-corrected chi connectivity index (χ1v) is 3.25. The minimum absolute atomic E-state index is 0.757. The van der Waals surface area contributed by atoms with E-state index in [1.54, 1.807) is 13.0 Å². The predicted octanol–water partition coefficient (Wildman–Crippen LogP) is 0.860. The second kappa shape index (κ2) is 4.25. The fourth-order valence-corrected chi connectivity index (χ4v) is 0.569. The van der Waals surface area contributed by atoms with Crippen LogP contribution in [0.25, 0.3) is 0 Å². The fourth-order valence-electron chi connectivity index (χ4n) is 0.569. The van der Waals surface area contributed by atoms with Gasteiger partial charge in [-0.05, 0) is 19.4 Å². The largest absolute Gasteiger partial charge is 0.386 e. The lowest BCUT2D eigenvalue weighted by Crippen LogP contribution is -2.24. The molecular weight excluding hydrogens is 128 g/mol. The maximum atomic E-state index is 9.20. The molecule has 2 N–H and O–H groups in total. The molecule has 0 radical (unpaired) electrons. The van der Waals surface area contributed by atoms with Crippen LogP contribution in [0, 0.1) is 0 Å². The summed E-state index contributed by atoms with van der Waals surface area (Å²) in [5.41, 5.74) is 0.757. The molecule has 0 aromatic heterocycles. The Kier molecular flexibility index (Phi) is 4.00. The SMILES string of the molecule is C=CC(O)C(O)/C(C)=C/C. The summed E-state index contributed by atoms with van der Waals surface area (Å²) in [6, 6.07) is 0. The Balaban J connectivity index is 4.06. The zero-order valence-corrected chi connectivity index (χ0v) is 6.41. The van der Waals surface area contributed by atoms with E-state index >= 15 is 0 Å². The van der Waals surface area contributed by atoms with Gasteiger partial charge in [-0.15, -0.1) is 6.58 Å². The molecule has 0 fully saturated rings. The second-order valence-electron chi connectivity index (χ2n) is 2.20. The van der Waals surface area contributed by atoms with Crippen LogP contribution in [0.2, 0.25) is 0 Å². The van der Waals surface area contributed by atoms with Gasteiger partial charge in [-0.3, -0.25) is 0 Å². The summed E-state index contributed by atoms with van der Waals surface area (Å²) in [4.78, 5) is 0. The Labute approximate surface area is 61.5 Å². The van der Waals surface area contributed by atoms with Gasteiger partial charge in [-0.25, -0.2) is 0 Å². The number of allylic oxidation sites excluding steroid dienone is 1. The molecule has 2 nitrogen and oxygen atoms in total. The normalized spacial score (nSPS) is 18.2. The third-order valence-electron chi connectivity index (χ3n) is 1.49. The van der Waals surface area contributed by atoms with Crippen LogP contribution in [-0.4, -0.2) is 22.4 Å². The zero-order chi connectivity index (χ0) is 8.15. The molecule has 0 aliphatic rings. The Bertz CT molecular complexity index is 138. The minimum Gasteiger partial charge on any atom is -0.386 e. The van der Waals surface area contributed by atoms with Crippen molar-refractivity contribution in [3.05, 3.63) is 24.3 Å². The Morgan fingerprint density at radius 2 is 2.00 bits per heavy atom. The number of hydrogen-bond donors (Lipinski definition) is 2. The highest BCUT2D eigenvalue weighted by Gasteiger charge is 2.12. The molecule has 2 heteroatoms. The summed E-state index contributed by atoms with van der Waals surface area (Å²) in [6.07, 6.45) is 1.42. The molecule has 0 spiro atoms. The third-order valence-corrected chi connectivity index (χ3v) is 1.49. The van der Waals surface area contributed by atoms with Gasteiger partial charge in [0.25, 0.3) is 0 Å². The van der Waals surface area contributed by atoms with Gasteiger partial charge in [0.1, 0.15) is 12.2 Å². The second-order valence-corrected chi connectivity index (χ2v) is 2.20. The Morgan fingerprint density at radius 3 is 2.30 bits per heavy atom. The standard InChI is InChI=1S/C8H14O2/c1-4-6(3)8(10)7(9)5-2/h4-5,7-10H,2H2,1,3H3/b6-4+. The van der Waals surface area contributed by atoms with Gasteiger partial charge in [0, 0.05) is 0 Å². The van der Waals surface area contributed by atoms with Crippen molar-refractivity contribution in [2.45, 2.75) is 26.1 Å². The Morgan fingerprint density at radius 1 is 1.50 bits per heavy atom. The number of aliphatic hydroxyl groups is 2. The van der Waals surface area contributed by atoms with Crippen LogP contribution in [0.5, 0.6) is 0 Å². The van der Waals surface area contributed by atoms with Gasteiger partial charge in [0.05, 0.1) is 0 Å². The van der Waals surface area contributed by atoms with Crippen molar-refractivity contribution in [1.29, 1.82) is 0 Å². The van der Waals surface area contributed by atoms with Crippen molar-refractivity contribution in [3.63, 3.8) is 0 Å². The highest BCUT2D eigenvalue weighted by Crippen LogP contribution is 2.05. The summed E-state index contributed by atoms with van der Waals surface area (Å²) in [7, 11) is 0. The van der Waals surface area contributed by atoms with E-state index < -0.39 is 12.2 Å². The molecule has 0 aliphatic carbocycles. The van der Waals surface area contributed by atoms with Crippen LogP contribution < -0.4 is 0 Å². The first kappa shape index (κ1) is 9.40. The molecule has 0 heterocycles. The third kappa shape index (κ3) is 2.33. The summed E-state index contributed by atoms with van der Waals surface area (Å²) < 4.78 is 0. The van der Waals surface area contributed by atoms with Crippen molar-refractivity contribution < 1.29 is 10.2 Å². The van der Waals surface area contributed by atoms with Crippen LogP contribution in [0.3, 0.4) is 0 Å². The number of rotatable bonds is 3. The van der Waals surface area contributed by atoms with Gasteiger partial charge < -0.3 is 10.2 Å². The summed E-state index contributed by atoms with van der Waals surface area (Å²) >= 11 is 0. The highest BCUT2D eigenvalue weighted by atomic mass is 16.3. The van der Waals surface area contributed by atoms with Gasteiger partial charge in [0.2, 0.25) is 0 Å². The van der Waals surface area contributed by atoms with Crippen LogP contribution in [0.15, 0.2) is 24.3 Å². The average Bonchev–Trinajstić information content (AvgIpc) is 2.00. The summed E-state index contributed by atoms with van der Waals surface area (Å²) in [5, 5.41) is 18.2. The maximum Gasteiger partial charge on any atom is 0.104 e. The first-order valence-electron chi connectivity index (χ1n) is 3.25. The molecule has 0 aliphatic heterocycles. The Hall–Kier alpha value is -0.600. The van der Waals surface area contributed by atoms with E-state index in [0.717, 1.165) is 5.57 Å². The zero-order valence-electron chi connectivity index (χ0n) is 6.41. The van der Waals surface area contributed by atoms with Crippen LogP contribution in [0.1, 0.15) is 13.8 Å². The van der Waals surface area contributed by atoms with E-state index in [0.29, 0.717) is 0 Å². The van der Waals surface area contributed by atoms with Crippen molar-refractivity contribution in [3.8, 4) is 0 Å². The molecule has 2 unspecified atom stereocenters. The lowest BCUT2D eigenvalue weighted by Gasteiger charge is -2.13. The van der Waals surface area contributed by atoms with E-state index in [2.05, 4.69) is 6.58 Å². The first-order chi connectivity index (χ1) is 4.63. The molecule has 10 heavy (non-hydrogen) atoms. The molecule has 2 atom stereocenters. The quantitative estimate of drug-likeness (QED) is 0.574. The highest BCUT2D eigenvalue weighted by molar-refractivity contribution is 5.08. The van der Waals surface area contributed by atoms with Crippen molar-refractivity contribution >= 4 is 0 Å². The van der Waals surface area contributed by atoms with E-state index in [4.69, 9.17) is 5.11 Å². The molecule has 0 amide bonds. The lowest BCUT2D eigenvalue weighted by molar-refractivity contribution is 0.0733. The lowest BCUT2D eigenvalue weighted by atomic mass is 10.1. The molecule has 0 rings (SSSR count). The summed E-state index contributed by atoms with van der Waals surface area (Å²) in [5.74, 6) is 0. The predicted molar refractivity (Wildman–Crippen MR) is 41.6 cm³/mol. The van der Waals surface area contributed by atoms with Crippen molar-refractivity contribution in [2.24, 2.45) is 0 Å². The van der Waals surface area contributed by atoms with Crippen LogP contribution >= 0.6 is 0 Å². The van der Waals surface area contributed by atoms with Gasteiger partial charge in [0.15, 0.2) is 0 Å². The van der Waals surface area contributed by atoms with Crippen LogP contribution in [0.4, 0.5) is 0 Å². The fraction of sp³-hybridized carbons (Fsp3) is 0.500. The molecular formula is C8H14O2. The van der Waals surface area contributed by atoms with E-state index in [1.165, 1.54) is 6.08 Å². The number of aliphatic hydroxyl groups excluding tert-OH is 2. The molecule has 0 saturated heterocycles. The van der Waals surface area contributed by atoms with Crippen molar-refractivity contribution in [1.82, 2.24) is 0 Å². The molecule has 0 saturated carbocycles. The van der Waals surface area contributed by atoms with Gasteiger partial charge in [-0.1, -0.05) is 12.2 Å². The topological polar surface area (TPSA) is 40.5 Å². The molecule has 0 aromatic rings. The van der Waals surface area contributed by atoms with Crippen molar-refractivity contribution in [2.75, 3.05) is 0 Å². The molecule has 58 valence electrons. The van der Waals surface area contributed by atoms with E-state index in [1.807, 2.05) is 6.92 Å². The summed E-state index contributed by atoms with van der Waals surface area (Å²) in [6.45, 7) is 6.94. The van der Waals surface area contributed by atoms with Gasteiger partial charge in [-0.2, -0.15) is 0 Å². The van der Waals surface area contributed by atoms with E-state index in [9.17, 15) is 5.11 Å². The number of hydrogen-bond acceptors (Lipinski definition) is 2.